The number of ether oxygens (including phenoxy) is 1. The number of rotatable bonds is 8. The van der Waals surface area contributed by atoms with E-state index in [9.17, 15) is 9.59 Å². The van der Waals surface area contributed by atoms with Crippen molar-refractivity contribution in [2.24, 2.45) is 0 Å². The summed E-state index contributed by atoms with van der Waals surface area (Å²) < 4.78 is 10.7. The van der Waals surface area contributed by atoms with Gasteiger partial charge < -0.3 is 19.9 Å². The molecule has 0 fully saturated rings. The molecule has 0 spiro atoms. The van der Waals surface area contributed by atoms with Gasteiger partial charge >= 0.3 is 0 Å². The van der Waals surface area contributed by atoms with Gasteiger partial charge in [0.1, 0.15) is 11.8 Å². The van der Waals surface area contributed by atoms with Crippen LogP contribution in [0.2, 0.25) is 0 Å². The molecular formula is C21H29N3O4. The van der Waals surface area contributed by atoms with Crippen LogP contribution in [-0.4, -0.2) is 35.2 Å². The molecule has 28 heavy (non-hydrogen) atoms. The van der Waals surface area contributed by atoms with E-state index in [-0.39, 0.29) is 11.8 Å². The van der Waals surface area contributed by atoms with Crippen LogP contribution in [0, 0.1) is 6.92 Å². The minimum Gasteiger partial charge on any atom is -0.476 e. The number of carbonyl (C=O) groups excluding carboxylic acids is 2. The van der Waals surface area contributed by atoms with Crippen molar-refractivity contribution < 1.29 is 18.8 Å². The monoisotopic (exact) mass is 387 g/mol. The first-order chi connectivity index (χ1) is 13.2. The smallest absolute Gasteiger partial charge is 0.257 e. The summed E-state index contributed by atoms with van der Waals surface area (Å²) in [6, 6.07) is 8.14. The molecule has 0 unspecified atom stereocenters. The number of carbonyl (C=O) groups is 2. The van der Waals surface area contributed by atoms with Crippen LogP contribution in [0.15, 0.2) is 34.9 Å². The molecule has 0 aliphatic heterocycles. The molecule has 1 aromatic heterocycles. The Hall–Kier alpha value is -2.83. The molecule has 7 heteroatoms. The van der Waals surface area contributed by atoms with Gasteiger partial charge in [-0.15, -0.1) is 0 Å². The maximum Gasteiger partial charge on any atom is 0.257 e. The molecule has 1 atom stereocenters. The van der Waals surface area contributed by atoms with Gasteiger partial charge in [0.25, 0.3) is 11.8 Å². The maximum absolute atomic E-state index is 12.8. The van der Waals surface area contributed by atoms with E-state index in [4.69, 9.17) is 9.26 Å². The Morgan fingerprint density at radius 2 is 1.89 bits per heavy atom. The van der Waals surface area contributed by atoms with Crippen molar-refractivity contribution >= 4 is 11.8 Å². The fourth-order valence-electron chi connectivity index (χ4n) is 2.75. The number of aryl methyl sites for hydroxylation is 1. The number of hydrogen-bond acceptors (Lipinski definition) is 5. The van der Waals surface area contributed by atoms with Crippen molar-refractivity contribution in [3.63, 3.8) is 0 Å². The molecule has 0 aliphatic rings. The van der Waals surface area contributed by atoms with Crippen LogP contribution in [0.1, 0.15) is 55.8 Å². The van der Waals surface area contributed by atoms with Crippen molar-refractivity contribution in [2.75, 3.05) is 6.61 Å². The van der Waals surface area contributed by atoms with E-state index in [0.29, 0.717) is 36.7 Å². The highest BCUT2D eigenvalue weighted by atomic mass is 16.5. The van der Waals surface area contributed by atoms with Crippen LogP contribution >= 0.6 is 0 Å². The number of amides is 2. The molecule has 0 saturated heterocycles. The number of hydrogen-bond donors (Lipinski definition) is 2. The molecule has 0 bridgehead atoms. The highest BCUT2D eigenvalue weighted by Gasteiger charge is 2.26. The van der Waals surface area contributed by atoms with Crippen molar-refractivity contribution in [2.45, 2.75) is 59.0 Å². The van der Waals surface area contributed by atoms with Gasteiger partial charge in [0.2, 0.25) is 5.91 Å². The Labute approximate surface area is 165 Å². The Bertz CT molecular complexity index is 794. The lowest BCUT2D eigenvalue weighted by Gasteiger charge is -2.25. The quantitative estimate of drug-likeness (QED) is 0.726. The van der Waals surface area contributed by atoms with Crippen LogP contribution in [0.3, 0.4) is 0 Å². The Balaban J connectivity index is 2.15. The van der Waals surface area contributed by atoms with Crippen molar-refractivity contribution in [1.29, 1.82) is 0 Å². The molecule has 2 N–H and O–H groups in total. The van der Waals surface area contributed by atoms with Crippen molar-refractivity contribution in [1.82, 2.24) is 15.8 Å². The first-order valence-electron chi connectivity index (χ1n) is 9.47. The van der Waals surface area contributed by atoms with E-state index < -0.39 is 11.6 Å². The van der Waals surface area contributed by atoms with Gasteiger partial charge in [-0.3, -0.25) is 9.59 Å². The highest BCUT2D eigenvalue weighted by molar-refractivity contribution is 5.97. The summed E-state index contributed by atoms with van der Waals surface area (Å²) in [7, 11) is 0. The molecule has 1 aromatic carbocycles. The Morgan fingerprint density at radius 1 is 1.21 bits per heavy atom. The van der Waals surface area contributed by atoms with E-state index in [1.54, 1.807) is 31.2 Å². The second kappa shape index (κ2) is 9.39. The summed E-state index contributed by atoms with van der Waals surface area (Å²) >= 11 is 0. The molecule has 0 radical (unpaired) electrons. The zero-order chi connectivity index (χ0) is 20.7. The lowest BCUT2D eigenvalue weighted by Crippen LogP contribution is -2.52. The molecule has 7 nitrogen and oxygen atoms in total. The largest absolute Gasteiger partial charge is 0.476 e. The molecule has 0 aliphatic carbocycles. The third kappa shape index (κ3) is 6.11. The topological polar surface area (TPSA) is 93.5 Å². The predicted octanol–water partition coefficient (Wildman–Crippen LogP) is 3.03. The summed E-state index contributed by atoms with van der Waals surface area (Å²) in [6.45, 7) is 9.84. The number of nitrogens with one attached hydrogen (secondary N) is 2. The second-order valence-corrected chi connectivity index (χ2v) is 7.63. The van der Waals surface area contributed by atoms with Gasteiger partial charge in [-0.05, 0) is 64.7 Å². The van der Waals surface area contributed by atoms with Crippen molar-refractivity contribution in [3.8, 4) is 5.88 Å². The number of benzene rings is 1. The number of nitrogens with zero attached hydrogens (tertiary/aromatic N) is 1. The Kier molecular flexibility index (Phi) is 7.20. The van der Waals surface area contributed by atoms with Gasteiger partial charge in [0.15, 0.2) is 0 Å². The van der Waals surface area contributed by atoms with Gasteiger partial charge in [0, 0.05) is 11.1 Å². The van der Waals surface area contributed by atoms with Crippen LogP contribution in [0.4, 0.5) is 0 Å². The van der Waals surface area contributed by atoms with Gasteiger partial charge in [-0.25, -0.2) is 0 Å². The van der Waals surface area contributed by atoms with E-state index in [2.05, 4.69) is 15.8 Å². The van der Waals surface area contributed by atoms with Crippen molar-refractivity contribution in [3.05, 3.63) is 47.2 Å². The fourth-order valence-corrected chi connectivity index (χ4v) is 2.75. The molecular weight excluding hydrogens is 358 g/mol. The summed E-state index contributed by atoms with van der Waals surface area (Å²) in [4.78, 5) is 25.4. The molecule has 0 saturated carbocycles. The van der Waals surface area contributed by atoms with Gasteiger partial charge in [-0.1, -0.05) is 18.2 Å². The van der Waals surface area contributed by atoms with Crippen LogP contribution < -0.4 is 15.4 Å². The number of aromatic nitrogens is 1. The minimum atomic E-state index is -0.698. The standard InChI is InChI=1S/C21H29N3O4/c1-6-27-20-16(14(2)28-24-20)12-13-17(19(26)23-21(3,4)5)22-18(25)15-10-8-7-9-11-15/h7-11,17H,6,12-13H2,1-5H3,(H,22,25)(H,23,26)/t17-/m1/s1. The zero-order valence-electron chi connectivity index (χ0n) is 17.2. The average Bonchev–Trinajstić information content (AvgIpc) is 2.97. The minimum absolute atomic E-state index is 0.233. The summed E-state index contributed by atoms with van der Waals surface area (Å²) in [5.41, 5.74) is 0.910. The lowest BCUT2D eigenvalue weighted by molar-refractivity contribution is -0.124. The normalized spacial score (nSPS) is 12.3. The van der Waals surface area contributed by atoms with Crippen LogP contribution in [0.5, 0.6) is 5.88 Å². The Morgan fingerprint density at radius 3 is 2.50 bits per heavy atom. The third-order valence-electron chi connectivity index (χ3n) is 4.07. The molecule has 1 heterocycles. The van der Waals surface area contributed by atoms with Gasteiger partial charge in [-0.2, -0.15) is 0 Å². The van der Waals surface area contributed by atoms with E-state index in [1.165, 1.54) is 0 Å². The van der Waals surface area contributed by atoms with E-state index >= 15 is 0 Å². The summed E-state index contributed by atoms with van der Waals surface area (Å²) in [5, 5.41) is 9.69. The molecule has 2 aromatic rings. The van der Waals surface area contributed by atoms with E-state index in [0.717, 1.165) is 5.56 Å². The van der Waals surface area contributed by atoms with E-state index in [1.807, 2.05) is 33.8 Å². The maximum atomic E-state index is 12.8. The predicted molar refractivity (Wildman–Crippen MR) is 106 cm³/mol. The second-order valence-electron chi connectivity index (χ2n) is 7.63. The average molecular weight is 387 g/mol. The summed E-state index contributed by atoms with van der Waals surface area (Å²) in [6.07, 6.45) is 0.880. The third-order valence-corrected chi connectivity index (χ3v) is 4.07. The molecule has 152 valence electrons. The first-order valence-corrected chi connectivity index (χ1v) is 9.47. The van der Waals surface area contributed by atoms with Crippen LogP contribution in [-0.2, 0) is 11.2 Å². The van der Waals surface area contributed by atoms with Gasteiger partial charge in [0.05, 0.1) is 12.2 Å². The SMILES string of the molecule is CCOc1noc(C)c1CC[C@@H](NC(=O)c1ccccc1)C(=O)NC(C)(C)C. The fraction of sp³-hybridized carbons (Fsp3) is 0.476. The summed E-state index contributed by atoms with van der Waals surface area (Å²) in [5.74, 6) is 0.558. The molecule has 2 amide bonds. The van der Waals surface area contributed by atoms with Crippen LogP contribution in [0.25, 0.3) is 0 Å². The first kappa shape index (κ1) is 21.5. The molecule has 2 rings (SSSR count). The lowest BCUT2D eigenvalue weighted by atomic mass is 10.0. The highest BCUT2D eigenvalue weighted by Crippen LogP contribution is 2.23. The zero-order valence-corrected chi connectivity index (χ0v) is 17.2.